The van der Waals surface area contributed by atoms with Crippen molar-refractivity contribution in [3.63, 3.8) is 0 Å². The number of benzene rings is 1. The molecule has 1 aliphatic heterocycles. The standard InChI is InChI=1S/C12H11F3N2O2/c1-17-10(18)6-9(11(17)19)16-8-4-2-3-7(5-8)12(13,14)15/h2-5,9,16H,6H2,1H3. The van der Waals surface area contributed by atoms with Crippen LogP contribution in [-0.2, 0) is 15.8 Å². The monoisotopic (exact) mass is 272 g/mol. The van der Waals surface area contributed by atoms with Gasteiger partial charge in [0, 0.05) is 12.7 Å². The number of nitrogens with one attached hydrogen (secondary N) is 1. The van der Waals surface area contributed by atoms with Crippen molar-refractivity contribution in [3.05, 3.63) is 29.8 Å². The lowest BCUT2D eigenvalue weighted by Crippen LogP contribution is -2.31. The van der Waals surface area contributed by atoms with Crippen LogP contribution in [0.15, 0.2) is 24.3 Å². The van der Waals surface area contributed by atoms with Crippen molar-refractivity contribution in [2.24, 2.45) is 0 Å². The molecule has 1 atom stereocenters. The molecule has 0 saturated carbocycles. The lowest BCUT2D eigenvalue weighted by Gasteiger charge is -2.14. The molecule has 1 N–H and O–H groups in total. The number of imide groups is 1. The van der Waals surface area contributed by atoms with E-state index in [0.717, 1.165) is 17.0 Å². The average Bonchev–Trinajstić information content (AvgIpc) is 2.56. The molecule has 1 unspecified atom stereocenters. The maximum atomic E-state index is 12.5. The van der Waals surface area contributed by atoms with E-state index in [1.165, 1.54) is 19.2 Å². The quantitative estimate of drug-likeness (QED) is 0.836. The predicted octanol–water partition coefficient (Wildman–Crippen LogP) is 1.87. The van der Waals surface area contributed by atoms with Gasteiger partial charge in [0.05, 0.1) is 12.0 Å². The summed E-state index contributed by atoms with van der Waals surface area (Å²) >= 11 is 0. The van der Waals surface area contributed by atoms with Crippen molar-refractivity contribution in [3.8, 4) is 0 Å². The summed E-state index contributed by atoms with van der Waals surface area (Å²) in [7, 11) is 1.35. The number of halogens is 3. The zero-order valence-corrected chi connectivity index (χ0v) is 9.99. The normalized spacial score (nSPS) is 20.0. The summed E-state index contributed by atoms with van der Waals surface area (Å²) in [6.45, 7) is 0. The number of carbonyl (C=O) groups excluding carboxylic acids is 2. The molecule has 1 aliphatic rings. The molecule has 0 aliphatic carbocycles. The summed E-state index contributed by atoms with van der Waals surface area (Å²) in [5.74, 6) is -0.795. The van der Waals surface area contributed by atoms with E-state index in [0.29, 0.717) is 0 Å². The minimum atomic E-state index is -4.44. The van der Waals surface area contributed by atoms with Gasteiger partial charge in [-0.15, -0.1) is 0 Å². The van der Waals surface area contributed by atoms with Crippen molar-refractivity contribution in [2.75, 3.05) is 12.4 Å². The summed E-state index contributed by atoms with van der Waals surface area (Å²) in [5, 5.41) is 2.65. The number of amides is 2. The number of likely N-dealkylation sites (N-methyl/N-ethyl adjacent to an activating group) is 1. The highest BCUT2D eigenvalue weighted by molar-refractivity contribution is 6.06. The van der Waals surface area contributed by atoms with Crippen LogP contribution in [0.2, 0.25) is 0 Å². The molecule has 4 nitrogen and oxygen atoms in total. The summed E-state index contributed by atoms with van der Waals surface area (Å²) in [5.41, 5.74) is -0.640. The highest BCUT2D eigenvalue weighted by Crippen LogP contribution is 2.31. The number of likely N-dealkylation sites (tertiary alicyclic amines) is 1. The van der Waals surface area contributed by atoms with Crippen molar-refractivity contribution >= 4 is 17.5 Å². The third kappa shape index (κ3) is 2.69. The zero-order valence-electron chi connectivity index (χ0n) is 9.99. The second-order valence-corrected chi connectivity index (χ2v) is 4.27. The maximum absolute atomic E-state index is 12.5. The van der Waals surface area contributed by atoms with Crippen molar-refractivity contribution in [1.82, 2.24) is 4.90 Å². The molecule has 1 aromatic carbocycles. The van der Waals surface area contributed by atoms with Crippen LogP contribution < -0.4 is 5.32 Å². The third-order valence-electron chi connectivity index (χ3n) is 2.91. The molecule has 1 heterocycles. The van der Waals surface area contributed by atoms with Gasteiger partial charge in [-0.3, -0.25) is 14.5 Å². The number of hydrogen-bond acceptors (Lipinski definition) is 3. The molecular formula is C12H11F3N2O2. The van der Waals surface area contributed by atoms with Crippen LogP contribution in [0.4, 0.5) is 18.9 Å². The van der Waals surface area contributed by atoms with Crippen LogP contribution in [-0.4, -0.2) is 29.8 Å². The first-order valence-electron chi connectivity index (χ1n) is 5.53. The Balaban J connectivity index is 2.17. The Hall–Kier alpha value is -2.05. The van der Waals surface area contributed by atoms with Crippen molar-refractivity contribution in [1.29, 1.82) is 0 Å². The summed E-state index contributed by atoms with van der Waals surface area (Å²) < 4.78 is 37.6. The lowest BCUT2D eigenvalue weighted by atomic mass is 10.1. The van der Waals surface area contributed by atoms with E-state index in [4.69, 9.17) is 0 Å². The van der Waals surface area contributed by atoms with Gasteiger partial charge in [0.1, 0.15) is 6.04 Å². The fourth-order valence-corrected chi connectivity index (χ4v) is 1.85. The van der Waals surface area contributed by atoms with Gasteiger partial charge in [-0.1, -0.05) is 6.07 Å². The predicted molar refractivity (Wildman–Crippen MR) is 61.2 cm³/mol. The van der Waals surface area contributed by atoms with Crippen LogP contribution in [0.25, 0.3) is 0 Å². The number of nitrogens with zero attached hydrogens (tertiary/aromatic N) is 1. The molecule has 0 spiro atoms. The average molecular weight is 272 g/mol. The van der Waals surface area contributed by atoms with Crippen LogP contribution in [0.3, 0.4) is 0 Å². The lowest BCUT2D eigenvalue weighted by molar-refractivity contribution is -0.138. The summed E-state index contributed by atoms with van der Waals surface area (Å²) in [6, 6.07) is 3.72. The molecular weight excluding hydrogens is 261 g/mol. The molecule has 1 aromatic rings. The van der Waals surface area contributed by atoms with E-state index >= 15 is 0 Å². The van der Waals surface area contributed by atoms with Gasteiger partial charge in [0.2, 0.25) is 5.91 Å². The second kappa shape index (κ2) is 4.56. The molecule has 0 radical (unpaired) electrons. The molecule has 2 rings (SSSR count). The third-order valence-corrected chi connectivity index (χ3v) is 2.91. The van der Waals surface area contributed by atoms with Gasteiger partial charge in [0.25, 0.3) is 5.91 Å². The maximum Gasteiger partial charge on any atom is 0.416 e. The molecule has 7 heteroatoms. The highest BCUT2D eigenvalue weighted by atomic mass is 19.4. The minimum absolute atomic E-state index is 0.0500. The van der Waals surface area contributed by atoms with Gasteiger partial charge in [0.15, 0.2) is 0 Å². The smallest absolute Gasteiger partial charge is 0.373 e. The Morgan fingerprint density at radius 2 is 2.00 bits per heavy atom. The van der Waals surface area contributed by atoms with E-state index in [2.05, 4.69) is 5.32 Å². The Kier molecular flexibility index (Phi) is 3.21. The molecule has 2 amide bonds. The molecule has 102 valence electrons. The van der Waals surface area contributed by atoms with E-state index in [9.17, 15) is 22.8 Å². The Labute approximate surface area is 107 Å². The Morgan fingerprint density at radius 3 is 2.53 bits per heavy atom. The molecule has 0 bridgehead atoms. The molecule has 19 heavy (non-hydrogen) atoms. The first-order valence-corrected chi connectivity index (χ1v) is 5.53. The van der Waals surface area contributed by atoms with Crippen molar-refractivity contribution in [2.45, 2.75) is 18.6 Å². The van der Waals surface area contributed by atoms with Gasteiger partial charge in [-0.25, -0.2) is 0 Å². The first-order chi connectivity index (χ1) is 8.79. The zero-order chi connectivity index (χ0) is 14.2. The van der Waals surface area contributed by atoms with Gasteiger partial charge >= 0.3 is 6.18 Å². The van der Waals surface area contributed by atoms with E-state index < -0.39 is 23.7 Å². The largest absolute Gasteiger partial charge is 0.416 e. The summed E-state index contributed by atoms with van der Waals surface area (Å²) in [4.78, 5) is 23.9. The van der Waals surface area contributed by atoms with E-state index in [1.807, 2.05) is 0 Å². The highest BCUT2D eigenvalue weighted by Gasteiger charge is 2.36. The Morgan fingerprint density at radius 1 is 1.32 bits per heavy atom. The number of carbonyl (C=O) groups is 2. The van der Waals surface area contributed by atoms with Crippen LogP contribution in [0.5, 0.6) is 0 Å². The number of alkyl halides is 3. The van der Waals surface area contributed by atoms with Crippen LogP contribution >= 0.6 is 0 Å². The summed E-state index contributed by atoms with van der Waals surface area (Å²) in [6.07, 6.45) is -4.49. The van der Waals surface area contributed by atoms with Crippen molar-refractivity contribution < 1.29 is 22.8 Å². The molecule has 1 saturated heterocycles. The molecule has 0 aromatic heterocycles. The minimum Gasteiger partial charge on any atom is -0.373 e. The van der Waals surface area contributed by atoms with Crippen LogP contribution in [0.1, 0.15) is 12.0 Å². The van der Waals surface area contributed by atoms with Gasteiger partial charge < -0.3 is 5.32 Å². The SMILES string of the molecule is CN1C(=O)CC(Nc2cccc(C(F)(F)F)c2)C1=O. The van der Waals surface area contributed by atoms with Gasteiger partial charge in [-0.05, 0) is 18.2 Å². The van der Waals surface area contributed by atoms with Gasteiger partial charge in [-0.2, -0.15) is 13.2 Å². The van der Waals surface area contributed by atoms with E-state index in [-0.39, 0.29) is 18.0 Å². The fraction of sp³-hybridized carbons (Fsp3) is 0.333. The number of hydrogen-bond donors (Lipinski definition) is 1. The first kappa shape index (κ1) is 13.4. The second-order valence-electron chi connectivity index (χ2n) is 4.27. The number of rotatable bonds is 2. The van der Waals surface area contributed by atoms with Crippen LogP contribution in [0, 0.1) is 0 Å². The fourth-order valence-electron chi connectivity index (χ4n) is 1.85. The number of anilines is 1. The molecule has 1 fully saturated rings. The van der Waals surface area contributed by atoms with E-state index in [1.54, 1.807) is 0 Å². The topological polar surface area (TPSA) is 49.4 Å². The Bertz CT molecular complexity index is 528.